The number of amides is 11. The highest BCUT2D eigenvalue weighted by Crippen LogP contribution is 2.26. The van der Waals surface area contributed by atoms with Crippen LogP contribution in [0.5, 0.6) is 0 Å². The second-order valence-electron chi connectivity index (χ2n) is 27.7. The molecule has 2 heterocycles. The molecule has 2 aliphatic rings. The van der Waals surface area contributed by atoms with Crippen molar-refractivity contribution in [1.82, 2.24) is 60.5 Å². The van der Waals surface area contributed by atoms with Crippen molar-refractivity contribution in [2.45, 2.75) is 222 Å². The molecule has 0 spiro atoms. The van der Waals surface area contributed by atoms with E-state index in [1.165, 1.54) is 99.5 Å². The van der Waals surface area contributed by atoms with Crippen molar-refractivity contribution in [3.05, 3.63) is 12.2 Å². The highest BCUT2D eigenvalue weighted by molar-refractivity contribution is 6.00. The zero-order chi connectivity index (χ0) is 70.0. The summed E-state index contributed by atoms with van der Waals surface area (Å²) >= 11 is 0. The van der Waals surface area contributed by atoms with Gasteiger partial charge >= 0.3 is 0 Å². The molecule has 0 aromatic carbocycles. The quantitative estimate of drug-likeness (QED) is 0.139. The van der Waals surface area contributed by atoms with E-state index in [1.54, 1.807) is 54.5 Å². The van der Waals surface area contributed by atoms with Crippen molar-refractivity contribution < 1.29 is 62.6 Å². The molecule has 0 saturated carbocycles. The molecule has 2 fully saturated rings. The molecule has 1 unspecified atom stereocenters. The van der Waals surface area contributed by atoms with E-state index in [-0.39, 0.29) is 43.4 Å². The van der Waals surface area contributed by atoms with E-state index in [0.717, 1.165) is 4.90 Å². The van der Waals surface area contributed by atoms with Crippen molar-refractivity contribution in [2.24, 2.45) is 41.4 Å². The van der Waals surface area contributed by atoms with Gasteiger partial charge in [0.15, 0.2) is 0 Å². The number of aliphatic hydroxyl groups is 1. The van der Waals surface area contributed by atoms with Crippen LogP contribution < -0.4 is 21.3 Å². The molecule has 25 nitrogen and oxygen atoms in total. The summed E-state index contributed by atoms with van der Waals surface area (Å²) in [6, 6.07) is -13.8. The predicted octanol–water partition coefficient (Wildman–Crippen LogP) is 2.58. The van der Waals surface area contributed by atoms with Gasteiger partial charge in [0.25, 0.3) is 0 Å². The van der Waals surface area contributed by atoms with E-state index in [2.05, 4.69) is 26.2 Å². The number of nitrogens with one attached hydrogen (secondary N) is 4. The fourth-order valence-electron chi connectivity index (χ4n) is 12.1. The van der Waals surface area contributed by atoms with E-state index < -0.39 is 161 Å². The predicted molar refractivity (Wildman–Crippen MR) is 350 cm³/mol. The van der Waals surface area contributed by atoms with Crippen LogP contribution in [-0.2, 0) is 57.5 Å². The third-order valence-corrected chi connectivity index (χ3v) is 18.0. The molecule has 520 valence electrons. The van der Waals surface area contributed by atoms with Gasteiger partial charge in [-0.15, -0.1) is 0 Å². The monoisotopic (exact) mass is 1290 g/mol. The molecule has 0 aromatic rings. The van der Waals surface area contributed by atoms with Crippen LogP contribution in [0, 0.1) is 41.4 Å². The first-order valence-electron chi connectivity index (χ1n) is 32.9. The normalized spacial score (nSPS) is 28.3. The lowest BCUT2D eigenvalue weighted by molar-refractivity contribution is -0.157. The maximum atomic E-state index is 15.3. The molecule has 2 saturated heterocycles. The molecule has 0 aliphatic carbocycles. The van der Waals surface area contributed by atoms with Crippen LogP contribution in [0.3, 0.4) is 0 Å². The van der Waals surface area contributed by atoms with Crippen LogP contribution in [0.4, 0.5) is 0 Å². The van der Waals surface area contributed by atoms with E-state index in [1.807, 2.05) is 54.5 Å². The number of hydrogen-bond donors (Lipinski definition) is 5. The summed E-state index contributed by atoms with van der Waals surface area (Å²) in [4.78, 5) is 174. The summed E-state index contributed by atoms with van der Waals surface area (Å²) in [5.41, 5.74) is 0. The average molecular weight is 1290 g/mol. The van der Waals surface area contributed by atoms with Gasteiger partial charge in [-0.25, -0.2) is 0 Å². The molecule has 0 radical (unpaired) electrons. The smallest absolute Gasteiger partial charge is 0.246 e. The molecular formula is C66H118N12O13. The van der Waals surface area contributed by atoms with Crippen molar-refractivity contribution in [3.8, 4) is 0 Å². The number of hydrogen-bond acceptors (Lipinski definition) is 14. The van der Waals surface area contributed by atoms with E-state index >= 15 is 24.0 Å². The Morgan fingerprint density at radius 2 is 0.934 bits per heavy atom. The van der Waals surface area contributed by atoms with E-state index in [9.17, 15) is 33.9 Å². The van der Waals surface area contributed by atoms with Crippen LogP contribution in [0.15, 0.2) is 12.2 Å². The molecule has 14 atom stereocenters. The molecule has 2 rings (SSSR count). The number of aliphatic hydroxyl groups excluding tert-OH is 1. The molecular weight excluding hydrogens is 1170 g/mol. The van der Waals surface area contributed by atoms with Crippen LogP contribution in [0.25, 0.3) is 0 Å². The van der Waals surface area contributed by atoms with Gasteiger partial charge in [-0.1, -0.05) is 102 Å². The first kappa shape index (κ1) is 80.9. The topological polar surface area (TPSA) is 291 Å². The Hall–Kier alpha value is -6.21. The number of nitrogens with zero attached hydrogens (tertiary/aromatic N) is 8. The third-order valence-electron chi connectivity index (χ3n) is 18.0. The number of likely N-dealkylation sites (N-methyl/N-ethyl adjacent to an activating group) is 7. The molecule has 25 heteroatoms. The van der Waals surface area contributed by atoms with Crippen LogP contribution in [0.2, 0.25) is 0 Å². The van der Waals surface area contributed by atoms with Gasteiger partial charge in [-0.05, 0) is 101 Å². The highest BCUT2D eigenvalue weighted by Gasteiger charge is 2.46. The number of rotatable bonds is 16. The van der Waals surface area contributed by atoms with Gasteiger partial charge in [0.2, 0.25) is 65.0 Å². The summed E-state index contributed by atoms with van der Waals surface area (Å²) in [6.45, 7) is 31.9. The molecule has 0 aromatic heterocycles. The fourth-order valence-corrected chi connectivity index (χ4v) is 12.1. The Balaban J connectivity index is 3.04. The minimum Gasteiger partial charge on any atom is -0.390 e. The maximum Gasteiger partial charge on any atom is 0.246 e. The third kappa shape index (κ3) is 22.0. The lowest BCUT2D eigenvalue weighted by atomic mass is 9.91. The van der Waals surface area contributed by atoms with Crippen LogP contribution in [0.1, 0.15) is 150 Å². The Labute approximate surface area is 544 Å². The Bertz CT molecular complexity index is 2500. The summed E-state index contributed by atoms with van der Waals surface area (Å²) in [6.07, 6.45) is 2.83. The minimum absolute atomic E-state index is 0.00497. The zero-order valence-electron chi connectivity index (χ0n) is 59.6. The first-order valence-corrected chi connectivity index (χ1v) is 32.9. The van der Waals surface area contributed by atoms with Crippen LogP contribution in [-0.4, -0.2) is 264 Å². The van der Waals surface area contributed by atoms with Gasteiger partial charge in [0.05, 0.1) is 19.3 Å². The fraction of sp³-hybridized carbons (Fsp3) is 0.803. The number of ether oxygens (including phenoxy) is 1. The highest BCUT2D eigenvalue weighted by atomic mass is 16.5. The number of carbonyl (C=O) groups excluding carboxylic acids is 11. The lowest BCUT2D eigenvalue weighted by Crippen LogP contribution is -2.64. The van der Waals surface area contributed by atoms with Crippen molar-refractivity contribution in [3.63, 3.8) is 0 Å². The van der Waals surface area contributed by atoms with Gasteiger partial charge in [-0.3, -0.25) is 57.6 Å². The molecule has 5 N–H and O–H groups in total. The first-order chi connectivity index (χ1) is 42.2. The van der Waals surface area contributed by atoms with Gasteiger partial charge in [0.1, 0.15) is 66.5 Å². The Kier molecular flexibility index (Phi) is 32.8. The lowest BCUT2D eigenvalue weighted by Gasteiger charge is -2.41. The van der Waals surface area contributed by atoms with E-state index in [4.69, 9.17) is 4.74 Å². The Morgan fingerprint density at radius 3 is 1.42 bits per heavy atom. The van der Waals surface area contributed by atoms with Gasteiger partial charge in [-0.2, -0.15) is 0 Å². The largest absolute Gasteiger partial charge is 0.390 e. The van der Waals surface area contributed by atoms with Crippen molar-refractivity contribution >= 4 is 65.0 Å². The average Bonchev–Trinajstić information content (AvgIpc) is 2.18. The Morgan fingerprint density at radius 1 is 0.484 bits per heavy atom. The number of allylic oxidation sites excluding steroid dienone is 2. The molecule has 0 bridgehead atoms. The molecule has 11 amide bonds. The zero-order valence-corrected chi connectivity index (χ0v) is 59.6. The summed E-state index contributed by atoms with van der Waals surface area (Å²) < 4.78 is 5.60. The second-order valence-corrected chi connectivity index (χ2v) is 27.7. The maximum absolute atomic E-state index is 15.3. The van der Waals surface area contributed by atoms with Crippen LogP contribution >= 0.6 is 0 Å². The van der Waals surface area contributed by atoms with Crippen molar-refractivity contribution in [1.29, 1.82) is 0 Å². The SMILES string of the molecule is C/C=C/C[C@@H](C)[C@@H](O)[C@H]1C(=O)N[C@@H](CC)C(=O)N(C)[C@H](C)C(=O)N(C)C([C@@H](C)CN2CCOCC2)C(=O)N[C@@H](C(C)C)C(=O)N(C)[C@@H](CC(C)C)C(=O)N[C@@H](C)C(=O)N[C@H](C)C(=O)N(C)[C@@H](CC(C)C)C(=O)N(C)[C@@H](CC(C)C)C(=O)N(C)[C@@H](C(C)C)C(=O)N1C. The standard InChI is InChI=1S/C66H118N12O13/c1-25-27-28-42(13)55(79)54-59(83)69-47(26-2)62(86)71(18)46(17)61(85)76(23)53(43(14)36-78-29-31-91-32-30-78)58(82)70-51(40(9)10)65(89)72(19)48(33-37(3)4)57(81)67-44(15)56(80)68-45(16)60(84)73(20)49(34-38(5)6)63(87)74(21)50(35-39(7)8)64(88)75(22)52(41(11)12)66(90)77(54)24/h25,27,37-55,79H,26,28-36H2,1-24H3,(H,67,81)(H,68,80)(H,69,83)(H,70,82)/b27-25+/t42-,43+,44+,45-,46-,47+,48+,49+,50+,51+,52+,53?,54+,55-/m1/s1. The van der Waals surface area contributed by atoms with Gasteiger partial charge in [0, 0.05) is 69.0 Å². The summed E-state index contributed by atoms with van der Waals surface area (Å²) in [7, 11) is 10.00. The molecule has 91 heavy (non-hydrogen) atoms. The van der Waals surface area contributed by atoms with E-state index in [0.29, 0.717) is 39.3 Å². The molecule has 2 aliphatic heterocycles. The van der Waals surface area contributed by atoms with Gasteiger partial charge < -0.3 is 65.4 Å². The number of carbonyl (C=O) groups is 11. The second kappa shape index (κ2) is 36.9. The minimum atomic E-state index is -1.63. The summed E-state index contributed by atoms with van der Waals surface area (Å²) in [5.74, 6) is -10.3. The number of morpholine rings is 1. The van der Waals surface area contributed by atoms with Crippen molar-refractivity contribution in [2.75, 3.05) is 82.2 Å². The summed E-state index contributed by atoms with van der Waals surface area (Å²) in [5, 5.41) is 23.3.